The molecule has 3 nitrogen and oxygen atoms in total. The third-order valence-electron chi connectivity index (χ3n) is 2.61. The number of nitrogens with two attached hydrogens (primary N) is 1. The Labute approximate surface area is 102 Å². The van der Waals surface area contributed by atoms with Gasteiger partial charge in [0.15, 0.2) is 0 Å². The maximum Gasteiger partial charge on any atom is 0.120 e. The molecule has 1 rings (SSSR count). The number of anilines is 1. The fourth-order valence-corrected chi connectivity index (χ4v) is 1.71. The van der Waals surface area contributed by atoms with Crippen molar-refractivity contribution in [3.8, 4) is 5.75 Å². The van der Waals surface area contributed by atoms with Crippen molar-refractivity contribution in [2.45, 2.75) is 12.8 Å². The first kappa shape index (κ1) is 13.8. The Morgan fingerprint density at radius 3 is 2.71 bits per heavy atom. The van der Waals surface area contributed by atoms with Crippen molar-refractivity contribution in [3.05, 3.63) is 24.3 Å². The first-order valence-electron chi connectivity index (χ1n) is 5.97. The van der Waals surface area contributed by atoms with E-state index in [2.05, 4.69) is 4.90 Å². The molecule has 0 aliphatic carbocycles. The number of benzene rings is 1. The molecule has 0 bridgehead atoms. The maximum absolute atomic E-state index is 12.3. The maximum atomic E-state index is 12.3. The quantitative estimate of drug-likeness (QED) is 0.757. The topological polar surface area (TPSA) is 38.5 Å². The van der Waals surface area contributed by atoms with Gasteiger partial charge in [-0.2, -0.15) is 0 Å². The number of ether oxygens (including phenoxy) is 1. The lowest BCUT2D eigenvalue weighted by Gasteiger charge is -2.24. The van der Waals surface area contributed by atoms with Crippen molar-refractivity contribution in [1.82, 2.24) is 0 Å². The summed E-state index contributed by atoms with van der Waals surface area (Å²) in [7, 11) is 1.64. The molecule has 0 heterocycles. The number of halogens is 1. The average Bonchev–Trinajstić information content (AvgIpc) is 2.39. The Kier molecular flexibility index (Phi) is 6.40. The number of alkyl halides is 1. The lowest BCUT2D eigenvalue weighted by Crippen LogP contribution is -2.27. The summed E-state index contributed by atoms with van der Waals surface area (Å²) < 4.78 is 17.4. The summed E-state index contributed by atoms with van der Waals surface area (Å²) in [5.74, 6) is 0.820. The minimum Gasteiger partial charge on any atom is -0.497 e. The van der Waals surface area contributed by atoms with Crippen LogP contribution in [0.1, 0.15) is 12.8 Å². The van der Waals surface area contributed by atoms with Crippen LogP contribution in [0, 0.1) is 0 Å². The van der Waals surface area contributed by atoms with Crippen LogP contribution in [0.15, 0.2) is 24.3 Å². The van der Waals surface area contributed by atoms with E-state index in [1.165, 1.54) is 0 Å². The molecule has 0 aliphatic rings. The molecule has 1 aromatic rings. The van der Waals surface area contributed by atoms with E-state index >= 15 is 0 Å². The van der Waals surface area contributed by atoms with Gasteiger partial charge < -0.3 is 15.4 Å². The largest absolute Gasteiger partial charge is 0.497 e. The number of hydrogen-bond donors (Lipinski definition) is 1. The molecule has 0 radical (unpaired) electrons. The Bertz CT molecular complexity index is 312. The number of hydrogen-bond acceptors (Lipinski definition) is 3. The van der Waals surface area contributed by atoms with Crippen LogP contribution in [0.3, 0.4) is 0 Å². The average molecular weight is 240 g/mol. The van der Waals surface area contributed by atoms with Crippen LogP contribution in [0.2, 0.25) is 0 Å². The number of rotatable bonds is 8. The van der Waals surface area contributed by atoms with Crippen LogP contribution in [0.5, 0.6) is 5.75 Å². The molecule has 0 aliphatic heterocycles. The lowest BCUT2D eigenvalue weighted by atomic mass is 10.2. The van der Waals surface area contributed by atoms with Gasteiger partial charge in [0.05, 0.1) is 13.8 Å². The standard InChI is InChI=1S/C13H21FN2O/c1-17-13-6-2-5-12(11-13)16(9-3-7-14)10-4-8-15/h2,5-6,11H,3-4,7-10,15H2,1H3. The van der Waals surface area contributed by atoms with E-state index in [0.717, 1.165) is 24.4 Å². The van der Waals surface area contributed by atoms with Crippen molar-refractivity contribution in [2.75, 3.05) is 38.3 Å². The van der Waals surface area contributed by atoms with Gasteiger partial charge in [-0.1, -0.05) is 6.07 Å². The second-order valence-electron chi connectivity index (χ2n) is 3.87. The second-order valence-corrected chi connectivity index (χ2v) is 3.87. The molecule has 0 atom stereocenters. The molecule has 4 heteroatoms. The molecule has 0 saturated heterocycles. The molecule has 0 spiro atoms. The first-order valence-corrected chi connectivity index (χ1v) is 5.97. The lowest BCUT2D eigenvalue weighted by molar-refractivity contribution is 0.414. The molecule has 0 saturated carbocycles. The van der Waals surface area contributed by atoms with E-state index in [1.54, 1.807) is 7.11 Å². The first-order chi connectivity index (χ1) is 8.31. The van der Waals surface area contributed by atoms with Gasteiger partial charge in [-0.3, -0.25) is 4.39 Å². The molecule has 0 unspecified atom stereocenters. The predicted molar refractivity (Wildman–Crippen MR) is 69.5 cm³/mol. The minimum absolute atomic E-state index is 0.289. The third kappa shape index (κ3) is 4.61. The van der Waals surface area contributed by atoms with E-state index in [1.807, 2.05) is 24.3 Å². The Balaban J connectivity index is 2.71. The highest BCUT2D eigenvalue weighted by Crippen LogP contribution is 2.21. The zero-order chi connectivity index (χ0) is 12.5. The SMILES string of the molecule is COc1cccc(N(CCCN)CCCF)c1. The van der Waals surface area contributed by atoms with Crippen molar-refractivity contribution in [2.24, 2.45) is 5.73 Å². The summed E-state index contributed by atoms with van der Waals surface area (Å²) in [5.41, 5.74) is 6.58. The molecule has 0 amide bonds. The smallest absolute Gasteiger partial charge is 0.120 e. The fraction of sp³-hybridized carbons (Fsp3) is 0.538. The fourth-order valence-electron chi connectivity index (χ4n) is 1.71. The molecular weight excluding hydrogens is 219 g/mol. The van der Waals surface area contributed by atoms with Crippen molar-refractivity contribution < 1.29 is 9.13 Å². The van der Waals surface area contributed by atoms with Gasteiger partial charge in [0.1, 0.15) is 5.75 Å². The zero-order valence-corrected chi connectivity index (χ0v) is 10.4. The Hall–Kier alpha value is -1.29. The van der Waals surface area contributed by atoms with E-state index in [-0.39, 0.29) is 6.67 Å². The number of methoxy groups -OCH3 is 1. The summed E-state index contributed by atoms with van der Waals surface area (Å²) in [6.45, 7) is 1.92. The third-order valence-corrected chi connectivity index (χ3v) is 2.61. The van der Waals surface area contributed by atoms with Gasteiger partial charge in [-0.05, 0) is 31.5 Å². The van der Waals surface area contributed by atoms with Crippen LogP contribution in [-0.4, -0.2) is 33.4 Å². The van der Waals surface area contributed by atoms with Crippen LogP contribution in [0.4, 0.5) is 10.1 Å². The second kappa shape index (κ2) is 7.90. The zero-order valence-electron chi connectivity index (χ0n) is 10.4. The predicted octanol–water partition coefficient (Wildman–Crippen LogP) is 2.21. The van der Waals surface area contributed by atoms with Crippen molar-refractivity contribution in [3.63, 3.8) is 0 Å². The van der Waals surface area contributed by atoms with Gasteiger partial charge in [0.2, 0.25) is 0 Å². The van der Waals surface area contributed by atoms with Gasteiger partial charge in [-0.15, -0.1) is 0 Å². The normalized spacial score (nSPS) is 10.3. The molecule has 17 heavy (non-hydrogen) atoms. The highest BCUT2D eigenvalue weighted by atomic mass is 19.1. The molecule has 0 aromatic heterocycles. The van der Waals surface area contributed by atoms with E-state index in [0.29, 0.717) is 19.5 Å². The van der Waals surface area contributed by atoms with Crippen LogP contribution in [-0.2, 0) is 0 Å². The van der Waals surface area contributed by atoms with Gasteiger partial charge in [0.25, 0.3) is 0 Å². The van der Waals surface area contributed by atoms with E-state index in [9.17, 15) is 4.39 Å². The van der Waals surface area contributed by atoms with Crippen molar-refractivity contribution >= 4 is 5.69 Å². The molecule has 2 N–H and O–H groups in total. The van der Waals surface area contributed by atoms with E-state index in [4.69, 9.17) is 10.5 Å². The molecular formula is C13H21FN2O. The minimum atomic E-state index is -0.289. The summed E-state index contributed by atoms with van der Waals surface area (Å²) >= 11 is 0. The van der Waals surface area contributed by atoms with Gasteiger partial charge >= 0.3 is 0 Å². The summed E-state index contributed by atoms with van der Waals surface area (Å²) in [4.78, 5) is 2.15. The molecule has 0 fully saturated rings. The van der Waals surface area contributed by atoms with Crippen LogP contribution >= 0.6 is 0 Å². The van der Waals surface area contributed by atoms with Gasteiger partial charge in [-0.25, -0.2) is 0 Å². The Morgan fingerprint density at radius 1 is 1.29 bits per heavy atom. The van der Waals surface area contributed by atoms with Crippen molar-refractivity contribution in [1.29, 1.82) is 0 Å². The van der Waals surface area contributed by atoms with Gasteiger partial charge in [0, 0.05) is 24.8 Å². The van der Waals surface area contributed by atoms with Crippen LogP contribution in [0.25, 0.3) is 0 Å². The monoisotopic (exact) mass is 240 g/mol. The summed E-state index contributed by atoms with van der Waals surface area (Å²) in [6, 6.07) is 7.82. The number of nitrogens with zero attached hydrogens (tertiary/aromatic N) is 1. The summed E-state index contributed by atoms with van der Waals surface area (Å²) in [5, 5.41) is 0. The Morgan fingerprint density at radius 2 is 2.06 bits per heavy atom. The summed E-state index contributed by atoms with van der Waals surface area (Å²) in [6.07, 6.45) is 1.45. The van der Waals surface area contributed by atoms with E-state index < -0.39 is 0 Å². The molecule has 1 aromatic carbocycles. The highest BCUT2D eigenvalue weighted by molar-refractivity contribution is 5.50. The molecule has 96 valence electrons. The van der Waals surface area contributed by atoms with Crippen LogP contribution < -0.4 is 15.4 Å². The highest BCUT2D eigenvalue weighted by Gasteiger charge is 2.06.